The molecule has 69 valence electrons. The van der Waals surface area contributed by atoms with Gasteiger partial charge in [-0.1, -0.05) is 31.4 Å². The predicted octanol–water partition coefficient (Wildman–Crippen LogP) is 4.13. The topological polar surface area (TPSA) is 0 Å². The first-order valence-electron chi connectivity index (χ1n) is 5.12. The maximum atomic E-state index is 2.43. The van der Waals surface area contributed by atoms with E-state index in [2.05, 4.69) is 33.3 Å². The van der Waals surface area contributed by atoms with Gasteiger partial charge in [0.25, 0.3) is 0 Å². The lowest BCUT2D eigenvalue weighted by Crippen LogP contribution is -2.14. The SMILES string of the molecule is C[CH]C1(CC=C(C)C)CCCC1. The normalized spacial score (nSPS) is 20.9. The highest BCUT2D eigenvalue weighted by molar-refractivity contribution is 5.03. The molecule has 1 aliphatic rings. The van der Waals surface area contributed by atoms with E-state index in [4.69, 9.17) is 0 Å². The van der Waals surface area contributed by atoms with Crippen LogP contribution >= 0.6 is 0 Å². The summed E-state index contributed by atoms with van der Waals surface area (Å²) < 4.78 is 0. The number of allylic oxidation sites excluding steroid dienone is 2. The van der Waals surface area contributed by atoms with Crippen LogP contribution in [0.4, 0.5) is 0 Å². The van der Waals surface area contributed by atoms with Crippen molar-refractivity contribution < 1.29 is 0 Å². The van der Waals surface area contributed by atoms with Gasteiger partial charge in [-0.15, -0.1) is 0 Å². The first-order chi connectivity index (χ1) is 5.68. The molecule has 0 aliphatic heterocycles. The second-order valence-corrected chi connectivity index (χ2v) is 4.34. The quantitative estimate of drug-likeness (QED) is 0.552. The fourth-order valence-electron chi connectivity index (χ4n) is 2.10. The third-order valence-electron chi connectivity index (χ3n) is 3.13. The molecule has 1 saturated carbocycles. The highest BCUT2D eigenvalue weighted by Gasteiger charge is 2.30. The zero-order valence-corrected chi connectivity index (χ0v) is 8.69. The number of rotatable bonds is 3. The average molecular weight is 165 g/mol. The van der Waals surface area contributed by atoms with Gasteiger partial charge in [0.2, 0.25) is 0 Å². The summed E-state index contributed by atoms with van der Waals surface area (Å²) in [6.07, 6.45) is 11.8. The first kappa shape index (κ1) is 9.83. The van der Waals surface area contributed by atoms with Gasteiger partial charge in [0.1, 0.15) is 0 Å². The smallest absolute Gasteiger partial charge is 0.0234 e. The van der Waals surface area contributed by atoms with Crippen LogP contribution in [0.5, 0.6) is 0 Å². The van der Waals surface area contributed by atoms with Gasteiger partial charge in [0.05, 0.1) is 0 Å². The summed E-state index contributed by atoms with van der Waals surface area (Å²) >= 11 is 0. The fraction of sp³-hybridized carbons (Fsp3) is 0.750. The lowest BCUT2D eigenvalue weighted by molar-refractivity contribution is 0.365. The average Bonchev–Trinajstić information content (AvgIpc) is 2.50. The highest BCUT2D eigenvalue weighted by Crippen LogP contribution is 2.43. The van der Waals surface area contributed by atoms with Crippen molar-refractivity contribution >= 4 is 0 Å². The van der Waals surface area contributed by atoms with Crippen molar-refractivity contribution in [3.05, 3.63) is 18.1 Å². The first-order valence-corrected chi connectivity index (χ1v) is 5.12. The van der Waals surface area contributed by atoms with Crippen LogP contribution in [-0.4, -0.2) is 0 Å². The molecule has 0 unspecified atom stereocenters. The Morgan fingerprint density at radius 1 is 1.25 bits per heavy atom. The second-order valence-electron chi connectivity index (χ2n) is 4.34. The number of hydrogen-bond acceptors (Lipinski definition) is 0. The van der Waals surface area contributed by atoms with Crippen LogP contribution in [0.15, 0.2) is 11.6 Å². The molecular weight excluding hydrogens is 144 g/mol. The van der Waals surface area contributed by atoms with Gasteiger partial charge >= 0.3 is 0 Å². The van der Waals surface area contributed by atoms with Crippen molar-refractivity contribution in [2.45, 2.75) is 52.9 Å². The van der Waals surface area contributed by atoms with Gasteiger partial charge in [-0.25, -0.2) is 0 Å². The largest absolute Gasteiger partial charge is 0.0853 e. The van der Waals surface area contributed by atoms with Crippen LogP contribution < -0.4 is 0 Å². The molecule has 1 radical (unpaired) electrons. The third kappa shape index (κ3) is 2.36. The summed E-state index contributed by atoms with van der Waals surface area (Å²) in [5.41, 5.74) is 2.03. The summed E-state index contributed by atoms with van der Waals surface area (Å²) in [5.74, 6) is 0. The Kier molecular flexibility index (Phi) is 3.37. The van der Waals surface area contributed by atoms with Gasteiger partial charge in [-0.3, -0.25) is 0 Å². The lowest BCUT2D eigenvalue weighted by Gasteiger charge is -2.25. The van der Waals surface area contributed by atoms with E-state index in [0.717, 1.165) is 0 Å². The Morgan fingerprint density at radius 3 is 2.25 bits per heavy atom. The molecule has 0 saturated heterocycles. The van der Waals surface area contributed by atoms with Crippen LogP contribution in [0.3, 0.4) is 0 Å². The Labute approximate surface area is 77.1 Å². The third-order valence-corrected chi connectivity index (χ3v) is 3.13. The standard InChI is InChI=1S/C12H21/c1-4-12(8-5-6-9-12)10-7-11(2)3/h4,7H,5-6,8-10H2,1-3H3. The van der Waals surface area contributed by atoms with Crippen LogP contribution in [0.2, 0.25) is 0 Å². The van der Waals surface area contributed by atoms with Crippen molar-refractivity contribution in [2.24, 2.45) is 5.41 Å². The Balaban J connectivity index is 2.50. The minimum Gasteiger partial charge on any atom is -0.0853 e. The zero-order valence-electron chi connectivity index (χ0n) is 8.69. The minimum atomic E-state index is 0.567. The molecule has 0 amide bonds. The van der Waals surface area contributed by atoms with Crippen molar-refractivity contribution in [1.29, 1.82) is 0 Å². The van der Waals surface area contributed by atoms with Gasteiger partial charge in [0.15, 0.2) is 0 Å². The maximum Gasteiger partial charge on any atom is -0.0234 e. The summed E-state index contributed by atoms with van der Waals surface area (Å²) in [4.78, 5) is 0. The van der Waals surface area contributed by atoms with E-state index in [1.807, 2.05) is 0 Å². The summed E-state index contributed by atoms with van der Waals surface area (Å²) in [7, 11) is 0. The van der Waals surface area contributed by atoms with Crippen LogP contribution in [0.25, 0.3) is 0 Å². The maximum absolute atomic E-state index is 2.43. The zero-order chi connectivity index (χ0) is 9.03. The molecule has 0 nitrogen and oxygen atoms in total. The Bertz CT molecular complexity index is 155. The van der Waals surface area contributed by atoms with Crippen LogP contribution in [0.1, 0.15) is 52.9 Å². The van der Waals surface area contributed by atoms with E-state index in [-0.39, 0.29) is 0 Å². The molecular formula is C12H21. The minimum absolute atomic E-state index is 0.567. The molecule has 0 aromatic rings. The van der Waals surface area contributed by atoms with E-state index in [0.29, 0.717) is 5.41 Å². The summed E-state index contributed by atoms with van der Waals surface area (Å²) in [6.45, 7) is 6.61. The molecule has 0 atom stereocenters. The molecule has 12 heavy (non-hydrogen) atoms. The van der Waals surface area contributed by atoms with E-state index in [1.165, 1.54) is 37.7 Å². The van der Waals surface area contributed by atoms with Crippen molar-refractivity contribution in [1.82, 2.24) is 0 Å². The second kappa shape index (κ2) is 4.11. The van der Waals surface area contributed by atoms with E-state index in [1.54, 1.807) is 0 Å². The molecule has 0 bridgehead atoms. The van der Waals surface area contributed by atoms with Crippen molar-refractivity contribution in [3.63, 3.8) is 0 Å². The van der Waals surface area contributed by atoms with Gasteiger partial charge < -0.3 is 0 Å². The molecule has 0 aromatic heterocycles. The van der Waals surface area contributed by atoms with E-state index in [9.17, 15) is 0 Å². The Morgan fingerprint density at radius 2 is 1.83 bits per heavy atom. The molecule has 0 aromatic carbocycles. The van der Waals surface area contributed by atoms with Gasteiger partial charge in [-0.2, -0.15) is 0 Å². The molecule has 1 rings (SSSR count). The van der Waals surface area contributed by atoms with Crippen molar-refractivity contribution in [3.8, 4) is 0 Å². The summed E-state index contributed by atoms with van der Waals surface area (Å²) in [5, 5.41) is 0. The molecule has 1 fully saturated rings. The summed E-state index contributed by atoms with van der Waals surface area (Å²) in [6, 6.07) is 0. The van der Waals surface area contributed by atoms with Crippen molar-refractivity contribution in [2.75, 3.05) is 0 Å². The highest BCUT2D eigenvalue weighted by atomic mass is 14.3. The molecule has 0 heteroatoms. The monoisotopic (exact) mass is 165 g/mol. The fourth-order valence-corrected chi connectivity index (χ4v) is 2.10. The van der Waals surface area contributed by atoms with Crippen LogP contribution in [-0.2, 0) is 0 Å². The molecule has 0 spiro atoms. The lowest BCUT2D eigenvalue weighted by atomic mass is 9.80. The van der Waals surface area contributed by atoms with Gasteiger partial charge in [-0.05, 0) is 44.9 Å². The Hall–Kier alpha value is -0.260. The number of hydrogen-bond donors (Lipinski definition) is 0. The molecule has 0 N–H and O–H groups in total. The predicted molar refractivity (Wildman–Crippen MR) is 54.9 cm³/mol. The molecule has 0 heterocycles. The van der Waals surface area contributed by atoms with E-state index < -0.39 is 0 Å². The van der Waals surface area contributed by atoms with Crippen LogP contribution in [0, 0.1) is 11.8 Å². The molecule has 1 aliphatic carbocycles. The van der Waals surface area contributed by atoms with E-state index >= 15 is 0 Å². The van der Waals surface area contributed by atoms with Gasteiger partial charge in [0, 0.05) is 0 Å².